The van der Waals surface area contributed by atoms with Gasteiger partial charge in [0, 0.05) is 13.2 Å². The van der Waals surface area contributed by atoms with E-state index in [4.69, 9.17) is 4.74 Å². The molecule has 130 valence electrons. The van der Waals surface area contributed by atoms with Crippen molar-refractivity contribution in [2.75, 3.05) is 24.2 Å². The number of anilines is 1. The van der Waals surface area contributed by atoms with E-state index < -0.39 is 5.54 Å². The molecule has 1 aromatic heterocycles. The van der Waals surface area contributed by atoms with Gasteiger partial charge in [-0.3, -0.25) is 4.79 Å². The Balaban J connectivity index is 1.41. The summed E-state index contributed by atoms with van der Waals surface area (Å²) in [5, 5.41) is 24.3. The minimum absolute atomic E-state index is 0.118. The molecule has 1 saturated carbocycles. The summed E-state index contributed by atoms with van der Waals surface area (Å²) in [5.74, 6) is 0.136. The van der Waals surface area contributed by atoms with Crippen molar-refractivity contribution in [2.45, 2.75) is 54.5 Å². The van der Waals surface area contributed by atoms with Crippen LogP contribution < -0.4 is 10.6 Å². The molecule has 1 unspecified atom stereocenters. The van der Waals surface area contributed by atoms with Crippen LogP contribution in [0.2, 0.25) is 0 Å². The van der Waals surface area contributed by atoms with Gasteiger partial charge in [0.15, 0.2) is 4.34 Å². The number of nitriles is 1. The summed E-state index contributed by atoms with van der Waals surface area (Å²) in [4.78, 5) is 12.1. The average molecular weight is 368 g/mol. The van der Waals surface area contributed by atoms with Crippen molar-refractivity contribution in [1.29, 1.82) is 5.26 Å². The normalized spacial score (nSPS) is 22.2. The first-order valence-corrected chi connectivity index (χ1v) is 10.0. The van der Waals surface area contributed by atoms with E-state index in [0.29, 0.717) is 0 Å². The summed E-state index contributed by atoms with van der Waals surface area (Å²) < 4.78 is 6.30. The second-order valence-corrected chi connectivity index (χ2v) is 8.33. The lowest BCUT2D eigenvalue weighted by molar-refractivity contribution is -0.119. The minimum atomic E-state index is -0.660. The number of carbonyl (C=O) groups excluding carboxylic acids is 1. The van der Waals surface area contributed by atoms with E-state index in [-0.39, 0.29) is 17.8 Å². The SMILES string of the molecule is N#CC1(NC(=O)CSc2nnc(NCC3CCCO3)s2)CCCC1. The number of ether oxygens (including phenoxy) is 1. The van der Waals surface area contributed by atoms with Gasteiger partial charge in [-0.25, -0.2) is 0 Å². The third kappa shape index (κ3) is 4.59. The molecule has 2 heterocycles. The first-order valence-electron chi connectivity index (χ1n) is 8.23. The molecule has 2 fully saturated rings. The van der Waals surface area contributed by atoms with Crippen LogP contribution in [0.25, 0.3) is 0 Å². The monoisotopic (exact) mass is 367 g/mol. The molecule has 24 heavy (non-hydrogen) atoms. The predicted molar refractivity (Wildman–Crippen MR) is 93.1 cm³/mol. The maximum Gasteiger partial charge on any atom is 0.231 e. The van der Waals surface area contributed by atoms with Crippen LogP contribution >= 0.6 is 23.1 Å². The van der Waals surface area contributed by atoms with Crippen molar-refractivity contribution in [1.82, 2.24) is 15.5 Å². The summed E-state index contributed by atoms with van der Waals surface area (Å²) >= 11 is 2.79. The molecule has 1 aliphatic carbocycles. The summed E-state index contributed by atoms with van der Waals surface area (Å²) in [6, 6.07) is 2.27. The quantitative estimate of drug-likeness (QED) is 0.712. The van der Waals surface area contributed by atoms with Crippen molar-refractivity contribution >= 4 is 34.1 Å². The number of aromatic nitrogens is 2. The number of carbonyl (C=O) groups is 1. The molecular formula is C15H21N5O2S2. The largest absolute Gasteiger partial charge is 0.376 e. The van der Waals surface area contributed by atoms with E-state index >= 15 is 0 Å². The standard InChI is InChI=1S/C15H21N5O2S2/c16-10-15(5-1-2-6-15)18-12(21)9-23-14-20-19-13(24-14)17-8-11-4-3-7-22-11/h11H,1-9H2,(H,17,19)(H,18,21). The topological polar surface area (TPSA) is 99.9 Å². The molecule has 0 bridgehead atoms. The van der Waals surface area contributed by atoms with Gasteiger partial charge in [-0.2, -0.15) is 5.26 Å². The highest BCUT2D eigenvalue weighted by Crippen LogP contribution is 2.30. The second kappa shape index (κ2) is 8.14. The van der Waals surface area contributed by atoms with Crippen LogP contribution in [0.3, 0.4) is 0 Å². The zero-order valence-corrected chi connectivity index (χ0v) is 15.0. The van der Waals surface area contributed by atoms with Crippen molar-refractivity contribution in [3.05, 3.63) is 0 Å². The van der Waals surface area contributed by atoms with Crippen LogP contribution in [0.15, 0.2) is 4.34 Å². The van der Waals surface area contributed by atoms with Gasteiger partial charge in [0.1, 0.15) is 5.54 Å². The lowest BCUT2D eigenvalue weighted by atomic mass is 10.0. The lowest BCUT2D eigenvalue weighted by Gasteiger charge is -2.21. The lowest BCUT2D eigenvalue weighted by Crippen LogP contribution is -2.45. The highest BCUT2D eigenvalue weighted by molar-refractivity contribution is 8.01. The number of hydrogen-bond donors (Lipinski definition) is 2. The highest BCUT2D eigenvalue weighted by atomic mass is 32.2. The van der Waals surface area contributed by atoms with Crippen molar-refractivity contribution in [3.63, 3.8) is 0 Å². The summed E-state index contributed by atoms with van der Waals surface area (Å²) in [5.41, 5.74) is -0.660. The third-order valence-corrected chi connectivity index (χ3v) is 6.30. The van der Waals surface area contributed by atoms with Crippen LogP contribution in [0, 0.1) is 11.3 Å². The molecule has 9 heteroatoms. The Labute approximate surface area is 149 Å². The Bertz CT molecular complexity index is 603. The number of nitrogens with one attached hydrogen (secondary N) is 2. The molecule has 1 aromatic rings. The zero-order valence-electron chi connectivity index (χ0n) is 13.4. The van der Waals surface area contributed by atoms with Gasteiger partial charge in [0.25, 0.3) is 0 Å². The van der Waals surface area contributed by atoms with E-state index in [1.807, 2.05) is 0 Å². The molecule has 3 rings (SSSR count). The maximum absolute atomic E-state index is 12.1. The van der Waals surface area contributed by atoms with Crippen molar-refractivity contribution in [3.8, 4) is 6.07 Å². The summed E-state index contributed by atoms with van der Waals surface area (Å²) in [6.45, 7) is 1.58. The van der Waals surface area contributed by atoms with Crippen LogP contribution in [-0.2, 0) is 9.53 Å². The average Bonchev–Trinajstić information content (AvgIpc) is 3.33. The zero-order chi connectivity index (χ0) is 16.8. The van der Waals surface area contributed by atoms with E-state index in [9.17, 15) is 10.1 Å². The first kappa shape index (κ1) is 17.5. The fraction of sp³-hybridized carbons (Fsp3) is 0.733. The van der Waals surface area contributed by atoms with Gasteiger partial charge < -0.3 is 15.4 Å². The fourth-order valence-electron chi connectivity index (χ4n) is 3.02. The van der Waals surface area contributed by atoms with Gasteiger partial charge in [-0.15, -0.1) is 10.2 Å². The van der Waals surface area contributed by atoms with Crippen molar-refractivity contribution in [2.24, 2.45) is 0 Å². The van der Waals surface area contributed by atoms with Gasteiger partial charge in [0.2, 0.25) is 11.0 Å². The number of amides is 1. The van der Waals surface area contributed by atoms with E-state index in [1.165, 1.54) is 23.1 Å². The van der Waals surface area contributed by atoms with Gasteiger partial charge in [-0.05, 0) is 38.5 Å². The van der Waals surface area contributed by atoms with Gasteiger partial charge in [0.05, 0.1) is 17.9 Å². The van der Waals surface area contributed by atoms with E-state index in [0.717, 1.165) is 61.1 Å². The van der Waals surface area contributed by atoms with Crippen LogP contribution in [0.4, 0.5) is 5.13 Å². The van der Waals surface area contributed by atoms with Crippen LogP contribution in [-0.4, -0.2) is 46.7 Å². The fourth-order valence-corrected chi connectivity index (χ4v) is 4.58. The Kier molecular flexibility index (Phi) is 5.92. The molecule has 2 aliphatic rings. The molecule has 0 aromatic carbocycles. The Morgan fingerprint density at radius 2 is 2.25 bits per heavy atom. The molecule has 7 nitrogen and oxygen atoms in total. The molecule has 1 atom stereocenters. The van der Waals surface area contributed by atoms with E-state index in [2.05, 4.69) is 26.9 Å². The highest BCUT2D eigenvalue weighted by Gasteiger charge is 2.35. The molecular weight excluding hydrogens is 346 g/mol. The molecule has 1 amide bonds. The maximum atomic E-state index is 12.1. The van der Waals surface area contributed by atoms with E-state index in [1.54, 1.807) is 0 Å². The number of hydrogen-bond acceptors (Lipinski definition) is 8. The number of thioether (sulfide) groups is 1. The Morgan fingerprint density at radius 3 is 2.96 bits per heavy atom. The second-order valence-electron chi connectivity index (χ2n) is 6.13. The number of rotatable bonds is 7. The smallest absolute Gasteiger partial charge is 0.231 e. The summed E-state index contributed by atoms with van der Waals surface area (Å²) in [6.07, 6.45) is 5.93. The first-order chi connectivity index (χ1) is 11.7. The molecule has 1 aliphatic heterocycles. The molecule has 0 radical (unpaired) electrons. The molecule has 1 saturated heterocycles. The third-order valence-electron chi connectivity index (χ3n) is 4.29. The molecule has 2 N–H and O–H groups in total. The summed E-state index contributed by atoms with van der Waals surface area (Å²) in [7, 11) is 0. The van der Waals surface area contributed by atoms with Gasteiger partial charge in [-0.1, -0.05) is 23.1 Å². The Morgan fingerprint density at radius 1 is 1.42 bits per heavy atom. The number of nitrogens with zero attached hydrogens (tertiary/aromatic N) is 3. The van der Waals surface area contributed by atoms with Crippen LogP contribution in [0.1, 0.15) is 38.5 Å². The predicted octanol–water partition coefficient (Wildman–Crippen LogP) is 2.17. The molecule has 0 spiro atoms. The Hall–Kier alpha value is -1.37. The minimum Gasteiger partial charge on any atom is -0.376 e. The van der Waals surface area contributed by atoms with Crippen molar-refractivity contribution < 1.29 is 9.53 Å². The van der Waals surface area contributed by atoms with Crippen LogP contribution in [0.5, 0.6) is 0 Å². The van der Waals surface area contributed by atoms with Gasteiger partial charge >= 0.3 is 0 Å².